The van der Waals surface area contributed by atoms with E-state index >= 15 is 0 Å². The molecule has 0 rings (SSSR count). The third-order valence-electron chi connectivity index (χ3n) is 1.52. The number of nitriles is 2. The monoisotopic (exact) mass is 179 g/mol. The van der Waals surface area contributed by atoms with E-state index in [1.54, 1.807) is 0 Å². The van der Waals surface area contributed by atoms with Crippen LogP contribution in [0.5, 0.6) is 0 Å². The minimum Gasteiger partial charge on any atom is -0.298 e. The van der Waals surface area contributed by atoms with Crippen LogP contribution in [0.25, 0.3) is 0 Å². The van der Waals surface area contributed by atoms with Gasteiger partial charge in [-0.15, -0.1) is 0 Å². The van der Waals surface area contributed by atoms with Gasteiger partial charge in [-0.25, -0.2) is 0 Å². The summed E-state index contributed by atoms with van der Waals surface area (Å²) in [5.41, 5.74) is 0. The Balaban J connectivity index is 3.89. The van der Waals surface area contributed by atoms with Gasteiger partial charge in [0.1, 0.15) is 5.78 Å². The molecule has 0 saturated heterocycles. The van der Waals surface area contributed by atoms with Crippen molar-refractivity contribution in [3.63, 3.8) is 0 Å². The first-order valence-corrected chi connectivity index (χ1v) is 4.22. The second kappa shape index (κ2) is 7.27. The quantitative estimate of drug-likeness (QED) is 0.563. The summed E-state index contributed by atoms with van der Waals surface area (Å²) in [4.78, 5) is 12.7. The number of hydrogen-bond donors (Lipinski definition) is 0. The highest BCUT2D eigenvalue weighted by Crippen LogP contribution is 1.93. The molecule has 0 aromatic heterocycles. The number of nitrogens with zero attached hydrogens (tertiary/aromatic N) is 3. The number of carbonyl (C=O) groups excluding carboxylic acids is 1. The number of ketones is 1. The average molecular weight is 179 g/mol. The van der Waals surface area contributed by atoms with E-state index in [4.69, 9.17) is 10.5 Å². The maximum Gasteiger partial charge on any atom is 0.146 e. The van der Waals surface area contributed by atoms with E-state index in [0.717, 1.165) is 6.42 Å². The van der Waals surface area contributed by atoms with Crippen molar-refractivity contribution in [1.29, 1.82) is 10.5 Å². The van der Waals surface area contributed by atoms with Crippen LogP contribution >= 0.6 is 0 Å². The Kier molecular flexibility index (Phi) is 6.49. The molecule has 0 radical (unpaired) electrons. The number of rotatable bonds is 6. The summed E-state index contributed by atoms with van der Waals surface area (Å²) in [5.74, 6) is 0.0907. The second-order valence-electron chi connectivity index (χ2n) is 2.75. The molecular formula is C9H13N3O. The first kappa shape index (κ1) is 11.6. The molecule has 0 aliphatic carbocycles. The van der Waals surface area contributed by atoms with Crippen LogP contribution in [-0.4, -0.2) is 30.3 Å². The van der Waals surface area contributed by atoms with Gasteiger partial charge in [-0.05, 0) is 6.42 Å². The molecule has 0 spiro atoms. The molecule has 0 heterocycles. The highest BCUT2D eigenvalue weighted by atomic mass is 16.1. The predicted octanol–water partition coefficient (Wildman–Crippen LogP) is 0.705. The summed E-state index contributed by atoms with van der Waals surface area (Å²) in [5, 5.41) is 16.8. The van der Waals surface area contributed by atoms with Gasteiger partial charge in [-0.3, -0.25) is 9.69 Å². The highest BCUT2D eigenvalue weighted by Gasteiger charge is 2.08. The van der Waals surface area contributed by atoms with Crippen LogP contribution in [0.4, 0.5) is 0 Å². The zero-order chi connectivity index (χ0) is 10.1. The lowest BCUT2D eigenvalue weighted by Gasteiger charge is -2.13. The van der Waals surface area contributed by atoms with Crippen LogP contribution in [0.2, 0.25) is 0 Å². The fourth-order valence-electron chi connectivity index (χ4n) is 0.975. The Hall–Kier alpha value is -1.39. The molecular weight excluding hydrogens is 166 g/mol. The Morgan fingerprint density at radius 3 is 2.23 bits per heavy atom. The van der Waals surface area contributed by atoms with Crippen molar-refractivity contribution in [3.8, 4) is 12.1 Å². The smallest absolute Gasteiger partial charge is 0.146 e. The van der Waals surface area contributed by atoms with E-state index in [2.05, 4.69) is 0 Å². The van der Waals surface area contributed by atoms with Gasteiger partial charge in [0.2, 0.25) is 0 Å². The van der Waals surface area contributed by atoms with Crippen molar-refractivity contribution >= 4 is 5.78 Å². The number of carbonyl (C=O) groups is 1. The molecule has 0 N–H and O–H groups in total. The summed E-state index contributed by atoms with van der Waals surface area (Å²) < 4.78 is 0. The largest absolute Gasteiger partial charge is 0.298 e. The van der Waals surface area contributed by atoms with Crippen molar-refractivity contribution in [2.45, 2.75) is 19.8 Å². The maximum atomic E-state index is 11.1. The predicted molar refractivity (Wildman–Crippen MR) is 47.6 cm³/mol. The van der Waals surface area contributed by atoms with Crippen LogP contribution < -0.4 is 0 Å². The SMILES string of the molecule is CCCC(=O)CN(CC#N)CC#N. The maximum absolute atomic E-state index is 11.1. The lowest BCUT2D eigenvalue weighted by molar-refractivity contribution is -0.119. The molecule has 13 heavy (non-hydrogen) atoms. The van der Waals surface area contributed by atoms with Crippen molar-refractivity contribution in [2.75, 3.05) is 19.6 Å². The van der Waals surface area contributed by atoms with Gasteiger partial charge >= 0.3 is 0 Å². The molecule has 0 fully saturated rings. The minimum absolute atomic E-state index is 0.0907. The van der Waals surface area contributed by atoms with Crippen molar-refractivity contribution in [1.82, 2.24) is 4.90 Å². The lowest BCUT2D eigenvalue weighted by Crippen LogP contribution is -2.30. The van der Waals surface area contributed by atoms with Crippen molar-refractivity contribution < 1.29 is 4.79 Å². The van der Waals surface area contributed by atoms with Crippen LogP contribution in [0.1, 0.15) is 19.8 Å². The van der Waals surface area contributed by atoms with E-state index in [9.17, 15) is 4.79 Å². The average Bonchev–Trinajstić information content (AvgIpc) is 2.05. The standard InChI is InChI=1S/C9H13N3O/c1-2-3-9(13)8-12(6-4-10)7-5-11/h2-3,6-8H2,1H3. The normalized spacial score (nSPS) is 9.23. The lowest BCUT2D eigenvalue weighted by atomic mass is 10.2. The molecule has 4 heteroatoms. The van der Waals surface area contributed by atoms with Gasteiger partial charge in [-0.1, -0.05) is 6.92 Å². The molecule has 0 aliphatic rings. The summed E-state index contributed by atoms with van der Waals surface area (Å²) in [6, 6.07) is 3.85. The van der Waals surface area contributed by atoms with E-state index in [0.29, 0.717) is 6.42 Å². The summed E-state index contributed by atoms with van der Waals surface area (Å²) in [7, 11) is 0. The van der Waals surface area contributed by atoms with E-state index in [-0.39, 0.29) is 25.4 Å². The highest BCUT2D eigenvalue weighted by molar-refractivity contribution is 5.80. The van der Waals surface area contributed by atoms with Crippen LogP contribution in [0.15, 0.2) is 0 Å². The van der Waals surface area contributed by atoms with Crippen molar-refractivity contribution in [2.24, 2.45) is 0 Å². The summed E-state index contributed by atoms with van der Waals surface area (Å²) in [6.07, 6.45) is 1.33. The third kappa shape index (κ3) is 5.84. The minimum atomic E-state index is 0.0907. The van der Waals surface area contributed by atoms with Crippen LogP contribution in [0, 0.1) is 22.7 Å². The van der Waals surface area contributed by atoms with Gasteiger partial charge in [0.05, 0.1) is 31.8 Å². The van der Waals surface area contributed by atoms with Crippen LogP contribution in [-0.2, 0) is 4.79 Å². The number of hydrogen-bond acceptors (Lipinski definition) is 4. The molecule has 0 aliphatic heterocycles. The zero-order valence-corrected chi connectivity index (χ0v) is 7.79. The second-order valence-corrected chi connectivity index (χ2v) is 2.75. The molecule has 0 aromatic carbocycles. The van der Waals surface area contributed by atoms with Crippen molar-refractivity contribution in [3.05, 3.63) is 0 Å². The Labute approximate surface area is 78.4 Å². The Morgan fingerprint density at radius 2 is 1.85 bits per heavy atom. The molecule has 70 valence electrons. The third-order valence-corrected chi connectivity index (χ3v) is 1.52. The van der Waals surface area contributed by atoms with Gasteiger partial charge in [0.15, 0.2) is 0 Å². The molecule has 0 atom stereocenters. The Bertz CT molecular complexity index is 220. The van der Waals surface area contributed by atoms with Gasteiger partial charge in [0.25, 0.3) is 0 Å². The zero-order valence-electron chi connectivity index (χ0n) is 7.79. The van der Waals surface area contributed by atoms with Gasteiger partial charge in [-0.2, -0.15) is 10.5 Å². The first-order chi connectivity index (χ1) is 6.24. The Morgan fingerprint density at radius 1 is 1.31 bits per heavy atom. The summed E-state index contributed by atoms with van der Waals surface area (Å²) >= 11 is 0. The van der Waals surface area contributed by atoms with Crippen LogP contribution in [0.3, 0.4) is 0 Å². The molecule has 0 unspecified atom stereocenters. The van der Waals surface area contributed by atoms with E-state index in [1.165, 1.54) is 4.90 Å². The molecule has 0 amide bonds. The molecule has 0 saturated carbocycles. The van der Waals surface area contributed by atoms with Gasteiger partial charge < -0.3 is 0 Å². The fourth-order valence-corrected chi connectivity index (χ4v) is 0.975. The topological polar surface area (TPSA) is 67.9 Å². The summed E-state index contributed by atoms with van der Waals surface area (Å²) in [6.45, 7) is 2.43. The fraction of sp³-hybridized carbons (Fsp3) is 0.667. The number of Topliss-reactive ketones (excluding diaryl/α,β-unsaturated/α-hetero) is 1. The molecule has 0 bridgehead atoms. The molecule has 0 aromatic rings. The van der Waals surface area contributed by atoms with E-state index in [1.807, 2.05) is 19.1 Å². The van der Waals surface area contributed by atoms with Gasteiger partial charge in [0, 0.05) is 6.42 Å². The van der Waals surface area contributed by atoms with E-state index < -0.39 is 0 Å². The first-order valence-electron chi connectivity index (χ1n) is 4.22. The molecule has 4 nitrogen and oxygen atoms in total.